The van der Waals surface area contributed by atoms with Gasteiger partial charge in [-0.3, -0.25) is 4.99 Å². The van der Waals surface area contributed by atoms with Crippen LogP contribution >= 0.6 is 0 Å². The summed E-state index contributed by atoms with van der Waals surface area (Å²) in [5, 5.41) is 3.43. The first kappa shape index (κ1) is 22.3. The number of ether oxygens (including phenoxy) is 3. The van der Waals surface area contributed by atoms with Crippen LogP contribution in [-0.4, -0.2) is 84.2 Å². The van der Waals surface area contributed by atoms with Gasteiger partial charge in [-0.2, -0.15) is 0 Å². The zero-order valence-electron chi connectivity index (χ0n) is 17.7. The zero-order valence-corrected chi connectivity index (χ0v) is 17.7. The third kappa shape index (κ3) is 7.20. The van der Waals surface area contributed by atoms with E-state index < -0.39 is 0 Å². The number of aliphatic imine (C=N–C) groups is 1. The predicted molar refractivity (Wildman–Crippen MR) is 115 cm³/mol. The van der Waals surface area contributed by atoms with E-state index in [0.29, 0.717) is 13.2 Å². The number of para-hydroxylation sites is 2. The standard InChI is InChI=1S/C21H36N4O3/c1-4-22-21(23-11-7-8-16-28-18-17-26-2)25-14-12-24(13-15-25)19-9-5-6-10-20(19)27-3/h5-6,9-10H,4,7-8,11-18H2,1-3H3,(H,22,23). The maximum absolute atomic E-state index is 5.51. The third-order valence-electron chi connectivity index (χ3n) is 4.73. The van der Waals surface area contributed by atoms with Crippen molar-refractivity contribution < 1.29 is 14.2 Å². The summed E-state index contributed by atoms with van der Waals surface area (Å²) in [6.07, 6.45) is 2.05. The molecule has 0 bridgehead atoms. The minimum atomic E-state index is 0.656. The molecule has 0 aromatic heterocycles. The van der Waals surface area contributed by atoms with Gasteiger partial charge in [0.25, 0.3) is 0 Å². The fourth-order valence-corrected chi connectivity index (χ4v) is 3.22. The molecule has 0 saturated carbocycles. The van der Waals surface area contributed by atoms with E-state index in [1.165, 1.54) is 5.69 Å². The van der Waals surface area contributed by atoms with Gasteiger partial charge in [0.05, 0.1) is 26.0 Å². The van der Waals surface area contributed by atoms with E-state index in [-0.39, 0.29) is 0 Å². The Bertz CT molecular complexity index is 575. The highest BCUT2D eigenvalue weighted by atomic mass is 16.5. The molecule has 0 spiro atoms. The van der Waals surface area contributed by atoms with E-state index in [2.05, 4.69) is 34.2 Å². The van der Waals surface area contributed by atoms with Gasteiger partial charge in [0.1, 0.15) is 5.75 Å². The molecule has 7 nitrogen and oxygen atoms in total. The van der Waals surface area contributed by atoms with Crippen molar-refractivity contribution in [2.45, 2.75) is 19.8 Å². The summed E-state index contributed by atoms with van der Waals surface area (Å²) in [6.45, 7) is 9.72. The van der Waals surface area contributed by atoms with Crippen molar-refractivity contribution in [3.05, 3.63) is 24.3 Å². The molecule has 1 N–H and O–H groups in total. The van der Waals surface area contributed by atoms with Crippen LogP contribution < -0.4 is 15.0 Å². The first-order chi connectivity index (χ1) is 13.8. The average Bonchev–Trinajstić information content (AvgIpc) is 2.75. The smallest absolute Gasteiger partial charge is 0.194 e. The van der Waals surface area contributed by atoms with E-state index in [4.69, 9.17) is 19.2 Å². The van der Waals surface area contributed by atoms with Crippen LogP contribution in [0.25, 0.3) is 0 Å². The minimum absolute atomic E-state index is 0.656. The Morgan fingerprint density at radius 3 is 2.54 bits per heavy atom. The van der Waals surface area contributed by atoms with E-state index in [0.717, 1.165) is 70.4 Å². The number of methoxy groups -OCH3 is 2. The van der Waals surface area contributed by atoms with E-state index in [9.17, 15) is 0 Å². The molecule has 0 aliphatic carbocycles. The van der Waals surface area contributed by atoms with Gasteiger partial charge in [-0.15, -0.1) is 0 Å². The second-order valence-electron chi connectivity index (χ2n) is 6.69. The Balaban J connectivity index is 1.78. The second-order valence-corrected chi connectivity index (χ2v) is 6.69. The molecular formula is C21H36N4O3. The van der Waals surface area contributed by atoms with Crippen LogP contribution in [-0.2, 0) is 9.47 Å². The van der Waals surface area contributed by atoms with Crippen molar-refractivity contribution in [1.29, 1.82) is 0 Å². The number of hydrogen-bond acceptors (Lipinski definition) is 5. The van der Waals surface area contributed by atoms with Gasteiger partial charge in [-0.05, 0) is 31.9 Å². The lowest BCUT2D eigenvalue weighted by atomic mass is 10.2. The van der Waals surface area contributed by atoms with Crippen molar-refractivity contribution >= 4 is 11.6 Å². The van der Waals surface area contributed by atoms with Gasteiger partial charge in [0.2, 0.25) is 0 Å². The quantitative estimate of drug-likeness (QED) is 0.354. The summed E-state index contributed by atoms with van der Waals surface area (Å²) in [6, 6.07) is 8.22. The van der Waals surface area contributed by atoms with Crippen molar-refractivity contribution in [2.75, 3.05) is 78.2 Å². The minimum Gasteiger partial charge on any atom is -0.495 e. The Labute approximate surface area is 169 Å². The number of nitrogens with one attached hydrogen (secondary N) is 1. The van der Waals surface area contributed by atoms with Crippen molar-refractivity contribution in [2.24, 2.45) is 4.99 Å². The van der Waals surface area contributed by atoms with Crippen LogP contribution in [0, 0.1) is 0 Å². The Morgan fingerprint density at radius 2 is 1.82 bits per heavy atom. The molecular weight excluding hydrogens is 356 g/mol. The van der Waals surface area contributed by atoms with Gasteiger partial charge in [0.15, 0.2) is 5.96 Å². The monoisotopic (exact) mass is 392 g/mol. The molecule has 1 aliphatic rings. The first-order valence-electron chi connectivity index (χ1n) is 10.3. The van der Waals surface area contributed by atoms with Crippen LogP contribution in [0.3, 0.4) is 0 Å². The highest BCUT2D eigenvalue weighted by Gasteiger charge is 2.21. The lowest BCUT2D eigenvalue weighted by molar-refractivity contribution is 0.0690. The maximum Gasteiger partial charge on any atom is 0.194 e. The highest BCUT2D eigenvalue weighted by molar-refractivity contribution is 5.80. The number of unbranched alkanes of at least 4 members (excludes halogenated alkanes) is 1. The molecule has 1 aromatic rings. The fourth-order valence-electron chi connectivity index (χ4n) is 3.22. The first-order valence-corrected chi connectivity index (χ1v) is 10.3. The van der Waals surface area contributed by atoms with Gasteiger partial charge >= 0.3 is 0 Å². The number of rotatable bonds is 11. The molecule has 7 heteroatoms. The molecule has 2 rings (SSSR count). The average molecular weight is 393 g/mol. The summed E-state index contributed by atoms with van der Waals surface area (Å²) >= 11 is 0. The van der Waals surface area contributed by atoms with Crippen molar-refractivity contribution in [3.8, 4) is 5.75 Å². The molecule has 0 amide bonds. The highest BCUT2D eigenvalue weighted by Crippen LogP contribution is 2.28. The van der Waals surface area contributed by atoms with Crippen LogP contribution in [0.5, 0.6) is 5.75 Å². The molecule has 0 unspecified atom stereocenters. The van der Waals surface area contributed by atoms with Gasteiger partial charge in [0, 0.05) is 53.0 Å². The number of piperazine rings is 1. The molecule has 158 valence electrons. The van der Waals surface area contributed by atoms with Crippen LogP contribution in [0.1, 0.15) is 19.8 Å². The largest absolute Gasteiger partial charge is 0.495 e. The number of nitrogens with zero attached hydrogens (tertiary/aromatic N) is 3. The number of hydrogen-bond donors (Lipinski definition) is 1. The molecule has 0 atom stereocenters. The van der Waals surface area contributed by atoms with E-state index >= 15 is 0 Å². The topological polar surface area (TPSA) is 58.6 Å². The molecule has 1 saturated heterocycles. The van der Waals surface area contributed by atoms with E-state index in [1.807, 2.05) is 12.1 Å². The maximum atomic E-state index is 5.51. The Kier molecular flexibility index (Phi) is 10.5. The van der Waals surface area contributed by atoms with Crippen LogP contribution in [0.4, 0.5) is 5.69 Å². The third-order valence-corrected chi connectivity index (χ3v) is 4.73. The van der Waals surface area contributed by atoms with E-state index in [1.54, 1.807) is 14.2 Å². The fraction of sp³-hybridized carbons (Fsp3) is 0.667. The van der Waals surface area contributed by atoms with Crippen LogP contribution in [0.2, 0.25) is 0 Å². The number of benzene rings is 1. The predicted octanol–water partition coefficient (Wildman–Crippen LogP) is 2.23. The summed E-state index contributed by atoms with van der Waals surface area (Å²) < 4.78 is 16.0. The van der Waals surface area contributed by atoms with Gasteiger partial charge < -0.3 is 29.3 Å². The van der Waals surface area contributed by atoms with Crippen molar-refractivity contribution in [1.82, 2.24) is 10.2 Å². The SMILES string of the molecule is CCNC(=NCCCCOCCOC)N1CCN(c2ccccc2OC)CC1. The molecule has 0 radical (unpaired) electrons. The zero-order chi connectivity index (χ0) is 20.0. The number of guanidine groups is 1. The lowest BCUT2D eigenvalue weighted by Crippen LogP contribution is -2.52. The Hall–Kier alpha value is -1.99. The second kappa shape index (κ2) is 13.2. The summed E-state index contributed by atoms with van der Waals surface area (Å²) in [5.41, 5.74) is 1.17. The summed E-state index contributed by atoms with van der Waals surface area (Å²) in [4.78, 5) is 9.55. The molecule has 28 heavy (non-hydrogen) atoms. The van der Waals surface area contributed by atoms with Crippen molar-refractivity contribution in [3.63, 3.8) is 0 Å². The summed E-state index contributed by atoms with van der Waals surface area (Å²) in [5.74, 6) is 1.95. The summed E-state index contributed by atoms with van der Waals surface area (Å²) in [7, 11) is 3.42. The molecule has 1 aliphatic heterocycles. The van der Waals surface area contributed by atoms with Crippen LogP contribution in [0.15, 0.2) is 29.3 Å². The lowest BCUT2D eigenvalue weighted by Gasteiger charge is -2.38. The number of anilines is 1. The van der Waals surface area contributed by atoms with Gasteiger partial charge in [-0.25, -0.2) is 0 Å². The Morgan fingerprint density at radius 1 is 1.04 bits per heavy atom. The normalized spacial score (nSPS) is 15.0. The molecule has 1 heterocycles. The molecule has 1 fully saturated rings. The molecule has 1 aromatic carbocycles. The van der Waals surface area contributed by atoms with Gasteiger partial charge in [-0.1, -0.05) is 12.1 Å².